The molecule has 1 N–H and O–H groups in total. The zero-order chi connectivity index (χ0) is 14.7. The quantitative estimate of drug-likeness (QED) is 0.743. The van der Waals surface area contributed by atoms with Crippen LogP contribution in [-0.4, -0.2) is 21.5 Å². The van der Waals surface area contributed by atoms with E-state index in [0.717, 1.165) is 11.1 Å². The number of hydrogen-bond acceptors (Lipinski definition) is 5. The van der Waals surface area contributed by atoms with Gasteiger partial charge in [-0.15, -0.1) is 11.8 Å². The normalized spacial score (nSPS) is 10.7. The summed E-state index contributed by atoms with van der Waals surface area (Å²) in [4.78, 5) is 5.61. The minimum atomic E-state index is 0.249. The predicted molar refractivity (Wildman–Crippen MR) is 82.4 cm³/mol. The van der Waals surface area contributed by atoms with E-state index in [-0.39, 0.29) is 5.75 Å². The van der Waals surface area contributed by atoms with Gasteiger partial charge in [-0.25, -0.2) is 0 Å². The van der Waals surface area contributed by atoms with Crippen molar-refractivity contribution < 1.29 is 9.63 Å². The Kier molecular flexibility index (Phi) is 3.92. The SMILES string of the molecule is CSc1ccc(-c2noc(Cc3ccc(O)cc3)n2)cc1. The highest BCUT2D eigenvalue weighted by Crippen LogP contribution is 2.21. The fourth-order valence-electron chi connectivity index (χ4n) is 1.97. The molecule has 106 valence electrons. The molecule has 0 aliphatic carbocycles. The first-order chi connectivity index (χ1) is 10.2. The molecule has 21 heavy (non-hydrogen) atoms. The topological polar surface area (TPSA) is 59.2 Å². The third kappa shape index (κ3) is 3.25. The van der Waals surface area contributed by atoms with E-state index in [1.54, 1.807) is 23.9 Å². The zero-order valence-electron chi connectivity index (χ0n) is 11.5. The molecule has 0 aliphatic rings. The summed E-state index contributed by atoms with van der Waals surface area (Å²) in [5.74, 6) is 1.40. The fourth-order valence-corrected chi connectivity index (χ4v) is 2.38. The zero-order valence-corrected chi connectivity index (χ0v) is 12.3. The molecule has 4 nitrogen and oxygen atoms in total. The molecule has 0 saturated carbocycles. The Bertz CT molecular complexity index is 721. The average Bonchev–Trinajstić information content (AvgIpc) is 2.98. The summed E-state index contributed by atoms with van der Waals surface area (Å²) in [5, 5.41) is 13.3. The molecule has 2 aromatic carbocycles. The van der Waals surface area contributed by atoms with Gasteiger partial charge in [0.1, 0.15) is 5.75 Å². The van der Waals surface area contributed by atoms with Crippen LogP contribution in [0, 0.1) is 0 Å². The van der Waals surface area contributed by atoms with Crippen LogP contribution < -0.4 is 0 Å². The van der Waals surface area contributed by atoms with Crippen LogP contribution >= 0.6 is 11.8 Å². The summed E-state index contributed by atoms with van der Waals surface area (Å²) in [5.41, 5.74) is 1.95. The lowest BCUT2D eigenvalue weighted by molar-refractivity contribution is 0.385. The van der Waals surface area contributed by atoms with Crippen molar-refractivity contribution in [1.82, 2.24) is 10.1 Å². The number of phenols is 1. The lowest BCUT2D eigenvalue weighted by Crippen LogP contribution is -1.88. The van der Waals surface area contributed by atoms with Crippen molar-refractivity contribution in [3.8, 4) is 17.1 Å². The fraction of sp³-hybridized carbons (Fsp3) is 0.125. The Morgan fingerprint density at radius 1 is 1.05 bits per heavy atom. The number of thioether (sulfide) groups is 1. The molecule has 0 fully saturated rings. The molecule has 0 radical (unpaired) electrons. The summed E-state index contributed by atoms with van der Waals surface area (Å²) in [6.45, 7) is 0. The smallest absolute Gasteiger partial charge is 0.231 e. The molecule has 5 heteroatoms. The second kappa shape index (κ2) is 6.01. The summed E-state index contributed by atoms with van der Waals surface area (Å²) in [6.07, 6.45) is 2.59. The van der Waals surface area contributed by atoms with Crippen LogP contribution in [-0.2, 0) is 6.42 Å². The van der Waals surface area contributed by atoms with Crippen LogP contribution in [0.3, 0.4) is 0 Å². The van der Waals surface area contributed by atoms with Gasteiger partial charge in [0.2, 0.25) is 11.7 Å². The van der Waals surface area contributed by atoms with E-state index < -0.39 is 0 Å². The van der Waals surface area contributed by atoms with Gasteiger partial charge in [-0.1, -0.05) is 17.3 Å². The highest BCUT2D eigenvalue weighted by Gasteiger charge is 2.09. The van der Waals surface area contributed by atoms with E-state index in [2.05, 4.69) is 10.1 Å². The molecule has 0 aliphatic heterocycles. The third-order valence-electron chi connectivity index (χ3n) is 3.11. The number of aromatic hydroxyl groups is 1. The Morgan fingerprint density at radius 3 is 2.43 bits per heavy atom. The highest BCUT2D eigenvalue weighted by molar-refractivity contribution is 7.98. The molecule has 0 saturated heterocycles. The number of rotatable bonds is 4. The Labute approximate surface area is 126 Å². The van der Waals surface area contributed by atoms with Crippen molar-refractivity contribution in [2.24, 2.45) is 0 Å². The number of nitrogens with zero attached hydrogens (tertiary/aromatic N) is 2. The van der Waals surface area contributed by atoms with Crippen LogP contribution in [0.25, 0.3) is 11.4 Å². The second-order valence-electron chi connectivity index (χ2n) is 4.58. The van der Waals surface area contributed by atoms with Crippen molar-refractivity contribution in [3.63, 3.8) is 0 Å². The second-order valence-corrected chi connectivity index (χ2v) is 5.46. The molecule has 0 spiro atoms. The van der Waals surface area contributed by atoms with Gasteiger partial charge in [-0.05, 0) is 48.2 Å². The first-order valence-electron chi connectivity index (χ1n) is 6.49. The van der Waals surface area contributed by atoms with Crippen LogP contribution in [0.4, 0.5) is 0 Å². The van der Waals surface area contributed by atoms with Crippen LogP contribution in [0.2, 0.25) is 0 Å². The van der Waals surface area contributed by atoms with Gasteiger partial charge in [0, 0.05) is 10.5 Å². The summed E-state index contributed by atoms with van der Waals surface area (Å²) < 4.78 is 5.28. The summed E-state index contributed by atoms with van der Waals surface area (Å²) in [6, 6.07) is 15.0. The van der Waals surface area contributed by atoms with Gasteiger partial charge >= 0.3 is 0 Å². The summed E-state index contributed by atoms with van der Waals surface area (Å²) >= 11 is 1.70. The van der Waals surface area contributed by atoms with Gasteiger partial charge in [-0.3, -0.25) is 0 Å². The van der Waals surface area contributed by atoms with Crippen molar-refractivity contribution in [2.45, 2.75) is 11.3 Å². The number of phenolic OH excluding ortho intramolecular Hbond substituents is 1. The van der Waals surface area contributed by atoms with Gasteiger partial charge in [0.05, 0.1) is 6.42 Å². The van der Waals surface area contributed by atoms with E-state index >= 15 is 0 Å². The maximum absolute atomic E-state index is 9.27. The molecule has 1 aromatic heterocycles. The molecule has 0 bridgehead atoms. The van der Waals surface area contributed by atoms with Gasteiger partial charge in [0.15, 0.2) is 0 Å². The van der Waals surface area contributed by atoms with Crippen molar-refractivity contribution in [3.05, 3.63) is 60.0 Å². The molecule has 3 rings (SSSR count). The van der Waals surface area contributed by atoms with E-state index in [0.29, 0.717) is 18.1 Å². The Morgan fingerprint density at radius 2 is 1.76 bits per heavy atom. The van der Waals surface area contributed by atoms with Crippen molar-refractivity contribution in [2.75, 3.05) is 6.26 Å². The van der Waals surface area contributed by atoms with Crippen molar-refractivity contribution in [1.29, 1.82) is 0 Å². The molecule has 0 unspecified atom stereocenters. The molecule has 3 aromatic rings. The van der Waals surface area contributed by atoms with Gasteiger partial charge in [-0.2, -0.15) is 4.98 Å². The van der Waals surface area contributed by atoms with E-state index in [1.807, 2.05) is 42.7 Å². The van der Waals surface area contributed by atoms with Gasteiger partial charge < -0.3 is 9.63 Å². The number of aromatic nitrogens is 2. The first-order valence-corrected chi connectivity index (χ1v) is 7.72. The van der Waals surface area contributed by atoms with Gasteiger partial charge in [0.25, 0.3) is 0 Å². The Balaban J connectivity index is 1.77. The van der Waals surface area contributed by atoms with Crippen LogP contribution in [0.1, 0.15) is 11.5 Å². The largest absolute Gasteiger partial charge is 0.508 e. The molecular weight excluding hydrogens is 284 g/mol. The lowest BCUT2D eigenvalue weighted by Gasteiger charge is -1.97. The lowest BCUT2D eigenvalue weighted by atomic mass is 10.1. The minimum absolute atomic E-state index is 0.249. The predicted octanol–water partition coefficient (Wildman–Crippen LogP) is 3.75. The molecule has 0 atom stereocenters. The minimum Gasteiger partial charge on any atom is -0.508 e. The third-order valence-corrected chi connectivity index (χ3v) is 3.85. The van der Waals surface area contributed by atoms with Crippen LogP contribution in [0.15, 0.2) is 57.9 Å². The average molecular weight is 298 g/mol. The summed E-state index contributed by atoms with van der Waals surface area (Å²) in [7, 11) is 0. The maximum Gasteiger partial charge on any atom is 0.231 e. The standard InChI is InChI=1S/C16H14N2O2S/c1-21-14-8-4-12(5-9-14)16-17-15(20-18-16)10-11-2-6-13(19)7-3-11/h2-9,19H,10H2,1H3. The number of hydrogen-bond donors (Lipinski definition) is 1. The van der Waals surface area contributed by atoms with E-state index in [4.69, 9.17) is 4.52 Å². The van der Waals surface area contributed by atoms with Crippen LogP contribution in [0.5, 0.6) is 5.75 Å². The van der Waals surface area contributed by atoms with E-state index in [1.165, 1.54) is 4.90 Å². The first kappa shape index (κ1) is 13.7. The molecule has 1 heterocycles. The molecular formula is C16H14N2O2S. The van der Waals surface area contributed by atoms with E-state index in [9.17, 15) is 5.11 Å². The number of benzene rings is 2. The maximum atomic E-state index is 9.27. The van der Waals surface area contributed by atoms with Crippen molar-refractivity contribution >= 4 is 11.8 Å². The highest BCUT2D eigenvalue weighted by atomic mass is 32.2. The Hall–Kier alpha value is -2.27. The monoisotopic (exact) mass is 298 g/mol. The molecule has 0 amide bonds.